The topological polar surface area (TPSA) is 90.2 Å². The summed E-state index contributed by atoms with van der Waals surface area (Å²) in [6.45, 7) is 0. The van der Waals surface area contributed by atoms with Crippen molar-refractivity contribution in [2.75, 3.05) is 0 Å². The van der Waals surface area contributed by atoms with Gasteiger partial charge in [-0.1, -0.05) is 0 Å². The Bertz CT molecular complexity index is 348. The number of rotatable bonds is 0. The maximum atomic E-state index is 10.2. The number of hydrogen-bond donors (Lipinski definition) is 4. The van der Waals surface area contributed by atoms with E-state index in [1.54, 1.807) is 0 Å². The van der Waals surface area contributed by atoms with Gasteiger partial charge in [-0.2, -0.15) is 0 Å². The highest BCUT2D eigenvalue weighted by molar-refractivity contribution is 5.15. The Hall–Kier alpha value is -0.200. The van der Waals surface area contributed by atoms with Crippen molar-refractivity contribution >= 4 is 0 Å². The van der Waals surface area contributed by atoms with Crippen LogP contribution in [0, 0.1) is 23.7 Å². The molecule has 10 atom stereocenters. The molecule has 4 aliphatic carbocycles. The van der Waals surface area contributed by atoms with Crippen LogP contribution >= 0.6 is 0 Å². The SMILES string of the molecule is O[C@@H]1[C@H](O)[C@H]2O[C@@H]3C4CCC(C(C42)[C@H]1O)[C@H]3O. The summed E-state index contributed by atoms with van der Waals surface area (Å²) in [4.78, 5) is 0. The molecule has 5 nitrogen and oxygen atoms in total. The van der Waals surface area contributed by atoms with Crippen molar-refractivity contribution in [2.45, 2.75) is 49.5 Å². The Morgan fingerprint density at radius 1 is 0.647 bits per heavy atom. The van der Waals surface area contributed by atoms with Crippen molar-refractivity contribution in [3.8, 4) is 0 Å². The van der Waals surface area contributed by atoms with E-state index in [0.717, 1.165) is 12.8 Å². The van der Waals surface area contributed by atoms with Crippen LogP contribution < -0.4 is 0 Å². The first-order chi connectivity index (χ1) is 8.11. The molecule has 5 aliphatic rings. The van der Waals surface area contributed by atoms with Crippen LogP contribution in [0.15, 0.2) is 0 Å². The average Bonchev–Trinajstić information content (AvgIpc) is 2.68. The third-order valence-electron chi connectivity index (χ3n) is 5.59. The fourth-order valence-corrected chi connectivity index (χ4v) is 4.95. The predicted octanol–water partition coefficient (Wildman–Crippen LogP) is -1.52. The van der Waals surface area contributed by atoms with E-state index in [0.29, 0.717) is 0 Å². The van der Waals surface area contributed by atoms with E-state index < -0.39 is 30.5 Å². The second kappa shape index (κ2) is 3.22. The van der Waals surface area contributed by atoms with Gasteiger partial charge in [-0.3, -0.25) is 0 Å². The molecule has 96 valence electrons. The number of aliphatic hydroxyl groups excluding tert-OH is 4. The average molecular weight is 242 g/mol. The van der Waals surface area contributed by atoms with Gasteiger partial charge >= 0.3 is 0 Å². The number of ether oxygens (including phenoxy) is 1. The number of fused-ring (bicyclic) bond motifs is 1. The summed E-state index contributed by atoms with van der Waals surface area (Å²) in [6.07, 6.45) is -2.38. The highest BCUT2D eigenvalue weighted by Gasteiger charge is 2.68. The molecule has 5 heteroatoms. The monoisotopic (exact) mass is 242 g/mol. The van der Waals surface area contributed by atoms with Gasteiger partial charge in [0.25, 0.3) is 0 Å². The molecule has 0 aromatic carbocycles. The molecule has 5 rings (SSSR count). The molecule has 1 saturated heterocycles. The van der Waals surface area contributed by atoms with Crippen LogP contribution in [0.4, 0.5) is 0 Å². The molecule has 1 aliphatic heterocycles. The lowest BCUT2D eigenvalue weighted by Gasteiger charge is -2.54. The van der Waals surface area contributed by atoms with E-state index in [-0.39, 0.29) is 29.8 Å². The fourth-order valence-electron chi connectivity index (χ4n) is 4.95. The van der Waals surface area contributed by atoms with E-state index in [9.17, 15) is 20.4 Å². The van der Waals surface area contributed by atoms with Crippen LogP contribution in [-0.4, -0.2) is 57.0 Å². The second-order valence-electron chi connectivity index (χ2n) is 6.09. The van der Waals surface area contributed by atoms with E-state index in [1.807, 2.05) is 0 Å². The second-order valence-corrected chi connectivity index (χ2v) is 6.09. The summed E-state index contributed by atoms with van der Waals surface area (Å²) in [6, 6.07) is 0. The third kappa shape index (κ3) is 1.08. The Balaban J connectivity index is 1.81. The summed E-state index contributed by atoms with van der Waals surface area (Å²) in [5.74, 6) is 0.236. The number of aliphatic hydroxyl groups is 4. The maximum absolute atomic E-state index is 10.2. The summed E-state index contributed by atoms with van der Waals surface area (Å²) in [5.41, 5.74) is 0. The van der Waals surface area contributed by atoms with Gasteiger partial charge in [-0.05, 0) is 36.5 Å². The first kappa shape index (κ1) is 10.7. The largest absolute Gasteiger partial charge is 0.390 e. The molecular formula is C12H18O5. The fraction of sp³-hybridized carbons (Fsp3) is 1.00. The maximum Gasteiger partial charge on any atom is 0.109 e. The van der Waals surface area contributed by atoms with Gasteiger partial charge in [-0.15, -0.1) is 0 Å². The molecule has 0 spiro atoms. The summed E-state index contributed by atoms with van der Waals surface area (Å²) in [7, 11) is 0. The van der Waals surface area contributed by atoms with E-state index in [4.69, 9.17) is 4.74 Å². The van der Waals surface area contributed by atoms with Crippen LogP contribution in [0.3, 0.4) is 0 Å². The lowest BCUT2D eigenvalue weighted by Crippen LogP contribution is -2.64. The van der Waals surface area contributed by atoms with Gasteiger partial charge in [0, 0.05) is 0 Å². The Morgan fingerprint density at radius 3 is 2.12 bits per heavy atom. The van der Waals surface area contributed by atoms with Gasteiger partial charge in [0.2, 0.25) is 0 Å². The molecule has 4 bridgehead atoms. The Morgan fingerprint density at radius 2 is 1.35 bits per heavy atom. The van der Waals surface area contributed by atoms with Crippen molar-refractivity contribution in [3.05, 3.63) is 0 Å². The van der Waals surface area contributed by atoms with Crippen molar-refractivity contribution in [3.63, 3.8) is 0 Å². The molecule has 0 radical (unpaired) electrons. The molecule has 4 N–H and O–H groups in total. The molecule has 1 heterocycles. The molecule has 17 heavy (non-hydrogen) atoms. The minimum absolute atomic E-state index is 0.0112. The van der Waals surface area contributed by atoms with Crippen LogP contribution in [0.5, 0.6) is 0 Å². The molecule has 0 aromatic heterocycles. The van der Waals surface area contributed by atoms with Crippen molar-refractivity contribution in [1.82, 2.24) is 0 Å². The van der Waals surface area contributed by atoms with E-state index in [2.05, 4.69) is 0 Å². The highest BCUT2D eigenvalue weighted by atomic mass is 16.5. The number of hydrogen-bond acceptors (Lipinski definition) is 5. The molecule has 0 aromatic rings. The van der Waals surface area contributed by atoms with Crippen molar-refractivity contribution < 1.29 is 25.2 Å². The van der Waals surface area contributed by atoms with Crippen molar-refractivity contribution in [2.24, 2.45) is 23.7 Å². The smallest absolute Gasteiger partial charge is 0.109 e. The summed E-state index contributed by atoms with van der Waals surface area (Å²) in [5, 5.41) is 40.2. The van der Waals surface area contributed by atoms with Crippen LogP contribution in [0.2, 0.25) is 0 Å². The molecule has 0 amide bonds. The predicted molar refractivity (Wildman–Crippen MR) is 55.9 cm³/mol. The molecule has 5 fully saturated rings. The van der Waals surface area contributed by atoms with Crippen LogP contribution in [0.1, 0.15) is 12.8 Å². The van der Waals surface area contributed by atoms with Crippen LogP contribution in [0.25, 0.3) is 0 Å². The van der Waals surface area contributed by atoms with Gasteiger partial charge in [0.05, 0.1) is 24.4 Å². The molecule has 4 saturated carbocycles. The molecule has 4 unspecified atom stereocenters. The van der Waals surface area contributed by atoms with E-state index in [1.165, 1.54) is 0 Å². The first-order valence-corrected chi connectivity index (χ1v) is 6.49. The zero-order valence-electron chi connectivity index (χ0n) is 9.38. The first-order valence-electron chi connectivity index (χ1n) is 6.49. The van der Waals surface area contributed by atoms with Crippen LogP contribution in [-0.2, 0) is 4.74 Å². The highest BCUT2D eigenvalue weighted by Crippen LogP contribution is 2.60. The third-order valence-corrected chi connectivity index (χ3v) is 5.59. The lowest BCUT2D eigenvalue weighted by molar-refractivity contribution is -0.190. The minimum Gasteiger partial charge on any atom is -0.390 e. The lowest BCUT2D eigenvalue weighted by atomic mass is 9.52. The normalized spacial score (nSPS) is 68.5. The Kier molecular flexibility index (Phi) is 2.02. The van der Waals surface area contributed by atoms with E-state index >= 15 is 0 Å². The van der Waals surface area contributed by atoms with Crippen molar-refractivity contribution in [1.29, 1.82) is 0 Å². The minimum atomic E-state index is -1.15. The summed E-state index contributed by atoms with van der Waals surface area (Å²) < 4.78 is 5.76. The standard InChI is InChI=1S/C12H18O5/c13-7-3-1-2-4-6-5(3)8(14)9(15)10(16)12(6)17-11(4)7/h3-16H,1-2H2/t3?,4?,5?,6?,7-,8-,9+,10+,11-,12+/m1/s1. The van der Waals surface area contributed by atoms with Gasteiger partial charge in [-0.25, -0.2) is 0 Å². The zero-order valence-corrected chi connectivity index (χ0v) is 9.38. The summed E-state index contributed by atoms with van der Waals surface area (Å²) >= 11 is 0. The Labute approximate surface area is 99.0 Å². The van der Waals surface area contributed by atoms with Gasteiger partial charge in [0.15, 0.2) is 0 Å². The van der Waals surface area contributed by atoms with Gasteiger partial charge in [0.1, 0.15) is 12.2 Å². The quantitative estimate of drug-likeness (QED) is 0.414. The van der Waals surface area contributed by atoms with Gasteiger partial charge < -0.3 is 25.2 Å². The molecular weight excluding hydrogens is 224 g/mol. The zero-order chi connectivity index (χ0) is 11.9.